The molecule has 1 aromatic rings. The highest BCUT2D eigenvalue weighted by Gasteiger charge is 2.14. The van der Waals surface area contributed by atoms with Gasteiger partial charge in [0.1, 0.15) is 4.99 Å². The van der Waals surface area contributed by atoms with E-state index in [1.807, 2.05) is 13.8 Å². The Morgan fingerprint density at radius 1 is 1.39 bits per heavy atom. The lowest BCUT2D eigenvalue weighted by molar-refractivity contribution is 0.578. The molecule has 0 atom stereocenters. The number of sulfonamides is 1. The van der Waals surface area contributed by atoms with E-state index in [9.17, 15) is 8.42 Å². The molecule has 0 radical (unpaired) electrons. The van der Waals surface area contributed by atoms with Crippen LogP contribution < -0.4 is 10.5 Å². The third kappa shape index (κ3) is 4.62. The van der Waals surface area contributed by atoms with Gasteiger partial charge in [-0.1, -0.05) is 38.2 Å². The quantitative estimate of drug-likeness (QED) is 0.786. The Morgan fingerprint density at radius 3 is 2.56 bits per heavy atom. The first-order valence-electron chi connectivity index (χ1n) is 5.71. The molecule has 0 bridgehead atoms. The Hall–Kier alpha value is -1.14. The molecule has 6 heteroatoms. The molecule has 1 rings (SSSR count). The largest absolute Gasteiger partial charge is 0.389 e. The maximum absolute atomic E-state index is 11.9. The van der Waals surface area contributed by atoms with Gasteiger partial charge >= 0.3 is 0 Å². The maximum Gasteiger partial charge on any atom is 0.232 e. The Morgan fingerprint density at radius 2 is 2.00 bits per heavy atom. The third-order valence-electron chi connectivity index (χ3n) is 2.42. The fourth-order valence-corrected chi connectivity index (χ4v) is 2.97. The average Bonchev–Trinajstić information content (AvgIpc) is 2.26. The van der Waals surface area contributed by atoms with Gasteiger partial charge in [0.15, 0.2) is 0 Å². The van der Waals surface area contributed by atoms with Crippen molar-refractivity contribution < 1.29 is 8.42 Å². The summed E-state index contributed by atoms with van der Waals surface area (Å²) >= 11 is 4.89. The van der Waals surface area contributed by atoms with E-state index < -0.39 is 10.0 Å². The van der Waals surface area contributed by atoms with Crippen LogP contribution in [0.5, 0.6) is 0 Å². The molecule has 18 heavy (non-hydrogen) atoms. The van der Waals surface area contributed by atoms with Crippen LogP contribution in [0.4, 0.5) is 5.69 Å². The highest BCUT2D eigenvalue weighted by atomic mass is 32.2. The number of para-hydroxylation sites is 1. The van der Waals surface area contributed by atoms with Gasteiger partial charge in [0.05, 0.1) is 11.4 Å². The van der Waals surface area contributed by atoms with E-state index in [2.05, 4.69) is 4.72 Å². The topological polar surface area (TPSA) is 72.2 Å². The average molecular weight is 286 g/mol. The second-order valence-electron chi connectivity index (χ2n) is 4.51. The molecule has 100 valence electrons. The summed E-state index contributed by atoms with van der Waals surface area (Å²) in [5.74, 6) is 0.434. The molecule has 0 saturated heterocycles. The van der Waals surface area contributed by atoms with E-state index in [0.717, 1.165) is 0 Å². The molecule has 0 aliphatic heterocycles. The summed E-state index contributed by atoms with van der Waals surface area (Å²) in [5, 5.41) is 0. The molecule has 0 fully saturated rings. The van der Waals surface area contributed by atoms with E-state index in [-0.39, 0.29) is 10.7 Å². The van der Waals surface area contributed by atoms with Crippen molar-refractivity contribution in [2.24, 2.45) is 11.7 Å². The second kappa shape index (κ2) is 6.15. The molecule has 0 aromatic heterocycles. The van der Waals surface area contributed by atoms with Crippen LogP contribution in [-0.4, -0.2) is 19.2 Å². The van der Waals surface area contributed by atoms with E-state index >= 15 is 0 Å². The molecule has 0 spiro atoms. The van der Waals surface area contributed by atoms with Gasteiger partial charge in [-0.15, -0.1) is 0 Å². The van der Waals surface area contributed by atoms with Crippen molar-refractivity contribution in [3.63, 3.8) is 0 Å². The molecule has 0 heterocycles. The van der Waals surface area contributed by atoms with E-state index in [4.69, 9.17) is 18.0 Å². The molecule has 3 N–H and O–H groups in total. The fraction of sp³-hybridized carbons (Fsp3) is 0.417. The molecule has 0 unspecified atom stereocenters. The van der Waals surface area contributed by atoms with Gasteiger partial charge in [-0.05, 0) is 24.5 Å². The number of thiocarbonyl (C=S) groups is 1. The number of hydrogen-bond donors (Lipinski definition) is 2. The van der Waals surface area contributed by atoms with E-state index in [1.165, 1.54) is 0 Å². The maximum atomic E-state index is 11.9. The summed E-state index contributed by atoms with van der Waals surface area (Å²) in [5.41, 5.74) is 6.53. The molecule has 0 amide bonds. The molecule has 0 aliphatic carbocycles. The molecule has 4 nitrogen and oxygen atoms in total. The first-order valence-corrected chi connectivity index (χ1v) is 7.77. The van der Waals surface area contributed by atoms with Gasteiger partial charge in [0, 0.05) is 5.56 Å². The van der Waals surface area contributed by atoms with Crippen LogP contribution in [0.1, 0.15) is 25.8 Å². The SMILES string of the molecule is CC(C)CCS(=O)(=O)Nc1ccccc1C(N)=S. The van der Waals surface area contributed by atoms with Crippen molar-refractivity contribution >= 4 is 32.9 Å². The van der Waals surface area contributed by atoms with Gasteiger partial charge in [-0.3, -0.25) is 4.72 Å². The minimum atomic E-state index is -3.35. The highest BCUT2D eigenvalue weighted by molar-refractivity contribution is 7.92. The zero-order chi connectivity index (χ0) is 13.8. The van der Waals surface area contributed by atoms with Gasteiger partial charge in [0.2, 0.25) is 10.0 Å². The van der Waals surface area contributed by atoms with Crippen LogP contribution in [0.3, 0.4) is 0 Å². The predicted molar refractivity (Wildman–Crippen MR) is 79.2 cm³/mol. The van der Waals surface area contributed by atoms with E-state index in [1.54, 1.807) is 24.3 Å². The minimum absolute atomic E-state index is 0.0936. The number of anilines is 1. The highest BCUT2D eigenvalue weighted by Crippen LogP contribution is 2.17. The summed E-state index contributed by atoms with van der Waals surface area (Å²) in [6.07, 6.45) is 0.616. The normalized spacial score (nSPS) is 11.5. The summed E-state index contributed by atoms with van der Waals surface area (Å²) in [7, 11) is -3.35. The Labute approximate surface area is 114 Å². The van der Waals surface area contributed by atoms with Crippen molar-refractivity contribution in [3.8, 4) is 0 Å². The zero-order valence-electron chi connectivity index (χ0n) is 10.5. The van der Waals surface area contributed by atoms with Crippen molar-refractivity contribution in [2.45, 2.75) is 20.3 Å². The Balaban J connectivity index is 2.87. The van der Waals surface area contributed by atoms with Crippen LogP contribution in [0.2, 0.25) is 0 Å². The summed E-state index contributed by atoms with van der Waals surface area (Å²) in [6, 6.07) is 6.85. The smallest absolute Gasteiger partial charge is 0.232 e. The number of nitrogens with two attached hydrogens (primary N) is 1. The molecule has 0 aliphatic rings. The van der Waals surface area contributed by atoms with Gasteiger partial charge in [-0.2, -0.15) is 0 Å². The number of hydrogen-bond acceptors (Lipinski definition) is 3. The monoisotopic (exact) mass is 286 g/mol. The van der Waals surface area contributed by atoms with Crippen LogP contribution in [0.25, 0.3) is 0 Å². The fourth-order valence-electron chi connectivity index (χ4n) is 1.40. The lowest BCUT2D eigenvalue weighted by atomic mass is 10.2. The molecule has 1 aromatic carbocycles. The summed E-state index contributed by atoms with van der Waals surface area (Å²) < 4.78 is 26.3. The third-order valence-corrected chi connectivity index (χ3v) is 3.95. The first kappa shape index (κ1) is 14.9. The summed E-state index contributed by atoms with van der Waals surface area (Å²) in [4.78, 5) is 0.178. The van der Waals surface area contributed by atoms with Crippen LogP contribution in [0, 0.1) is 5.92 Å². The van der Waals surface area contributed by atoms with E-state index in [0.29, 0.717) is 23.6 Å². The Kier molecular flexibility index (Phi) is 5.10. The van der Waals surface area contributed by atoms with Crippen LogP contribution >= 0.6 is 12.2 Å². The minimum Gasteiger partial charge on any atom is -0.389 e. The number of rotatable bonds is 6. The summed E-state index contributed by atoms with van der Waals surface area (Å²) in [6.45, 7) is 3.97. The lowest BCUT2D eigenvalue weighted by Crippen LogP contribution is -2.21. The zero-order valence-corrected chi connectivity index (χ0v) is 12.1. The first-order chi connectivity index (χ1) is 8.32. The molecule has 0 saturated carbocycles. The van der Waals surface area contributed by atoms with Gasteiger partial charge in [0.25, 0.3) is 0 Å². The van der Waals surface area contributed by atoms with Crippen molar-refractivity contribution in [1.29, 1.82) is 0 Å². The van der Waals surface area contributed by atoms with Crippen molar-refractivity contribution in [3.05, 3.63) is 29.8 Å². The second-order valence-corrected chi connectivity index (χ2v) is 6.79. The predicted octanol–water partition coefficient (Wildman–Crippen LogP) is 2.11. The number of benzene rings is 1. The van der Waals surface area contributed by atoms with Crippen LogP contribution in [0.15, 0.2) is 24.3 Å². The molecular weight excluding hydrogens is 268 g/mol. The molecular formula is C12H18N2O2S2. The van der Waals surface area contributed by atoms with Crippen molar-refractivity contribution in [2.75, 3.05) is 10.5 Å². The number of nitrogens with one attached hydrogen (secondary N) is 1. The lowest BCUT2D eigenvalue weighted by Gasteiger charge is -2.12. The van der Waals surface area contributed by atoms with Gasteiger partial charge < -0.3 is 5.73 Å². The van der Waals surface area contributed by atoms with Gasteiger partial charge in [-0.25, -0.2) is 8.42 Å². The standard InChI is InChI=1S/C12H18N2O2S2/c1-9(2)7-8-18(15,16)14-11-6-4-3-5-10(11)12(13)17/h3-6,9,14H,7-8H2,1-2H3,(H2,13,17). The Bertz CT molecular complexity index is 525. The van der Waals surface area contributed by atoms with Crippen molar-refractivity contribution in [1.82, 2.24) is 0 Å². The van der Waals surface area contributed by atoms with Crippen LogP contribution in [-0.2, 0) is 10.0 Å².